The molecule has 1 aromatic rings. The van der Waals surface area contributed by atoms with Crippen molar-refractivity contribution < 1.29 is 8.42 Å². The van der Waals surface area contributed by atoms with Gasteiger partial charge in [0.1, 0.15) is 0 Å². The predicted octanol–water partition coefficient (Wildman–Crippen LogP) is 1.95. The number of hydrogen-bond acceptors (Lipinski definition) is 2. The first kappa shape index (κ1) is 18.4. The lowest BCUT2D eigenvalue weighted by molar-refractivity contribution is 0.113. The van der Waals surface area contributed by atoms with E-state index in [-0.39, 0.29) is 5.41 Å². The second-order valence-corrected chi connectivity index (χ2v) is 9.07. The Morgan fingerprint density at radius 3 is 1.95 bits per heavy atom. The maximum Gasteiger partial charge on any atom is 0.240 e. The summed E-state index contributed by atoms with van der Waals surface area (Å²) in [4.78, 5) is 0.432. The molecule has 1 N–H and O–H groups in total. The highest BCUT2D eigenvalue weighted by Gasteiger charge is 2.43. The highest BCUT2D eigenvalue weighted by atomic mass is 32.2. The van der Waals surface area contributed by atoms with E-state index < -0.39 is 15.6 Å². The molecule has 0 heterocycles. The summed E-state index contributed by atoms with van der Waals surface area (Å²) in [6, 6.07) is 7.27. The molecule has 21 heavy (non-hydrogen) atoms. The van der Waals surface area contributed by atoms with E-state index in [0.29, 0.717) is 4.90 Å². The van der Waals surface area contributed by atoms with Gasteiger partial charge < -0.3 is 0 Å². The van der Waals surface area contributed by atoms with E-state index in [2.05, 4.69) is 25.5 Å². The number of benzene rings is 1. The zero-order chi connectivity index (χ0) is 16.3. The molecule has 0 aliphatic carbocycles. The van der Waals surface area contributed by atoms with Gasteiger partial charge in [-0.3, -0.25) is 0 Å². The smallest absolute Gasteiger partial charge is 0.207 e. The third-order valence-electron chi connectivity index (χ3n) is 5.13. The van der Waals surface area contributed by atoms with Crippen LogP contribution in [-0.4, -0.2) is 24.2 Å². The molecule has 0 unspecified atom stereocenters. The van der Waals surface area contributed by atoms with Crippen LogP contribution in [0.15, 0.2) is 29.2 Å². The van der Waals surface area contributed by atoms with Gasteiger partial charge in [0.2, 0.25) is 10.0 Å². The van der Waals surface area contributed by atoms with Crippen LogP contribution in [0.25, 0.3) is 0 Å². The molecular weight excluding hydrogens is 298 g/mol. The van der Waals surface area contributed by atoms with Gasteiger partial charge in [0.25, 0.3) is 0 Å². The van der Waals surface area contributed by atoms with Crippen molar-refractivity contribution in [1.29, 1.82) is 0 Å². The molecule has 1 rings (SSSR count). The van der Waals surface area contributed by atoms with Crippen molar-refractivity contribution in [2.45, 2.75) is 64.3 Å². The molecule has 3 nitrogen and oxygen atoms in total. The zero-order valence-corrected chi connectivity index (χ0v) is 17.0. The summed E-state index contributed by atoms with van der Waals surface area (Å²) in [7, 11) is -2.76. The second-order valence-electron chi connectivity index (χ2n) is 6.34. The Morgan fingerprint density at radius 1 is 1.05 bits per heavy atom. The van der Waals surface area contributed by atoms with Gasteiger partial charge in [0.15, 0.2) is 0 Å². The van der Waals surface area contributed by atoms with Crippen LogP contribution >= 0.6 is 0 Å². The quantitative estimate of drug-likeness (QED) is 0.778. The fraction of sp³-hybridized carbons (Fsp3) is 0.625. The molecule has 0 fully saturated rings. The third-order valence-corrected chi connectivity index (χ3v) is 8.18. The molecule has 0 radical (unpaired) electrons. The molecular formula is C16H29NO2SSi. The number of sulfonamides is 1. The van der Waals surface area contributed by atoms with Gasteiger partial charge in [-0.25, -0.2) is 13.1 Å². The zero-order valence-electron chi connectivity index (χ0n) is 14.2. The van der Waals surface area contributed by atoms with Crippen molar-refractivity contribution >= 4 is 25.5 Å². The molecule has 0 saturated carbocycles. The molecule has 0 atom stereocenters. The van der Waals surface area contributed by atoms with Crippen molar-refractivity contribution in [2.24, 2.45) is 5.41 Å². The van der Waals surface area contributed by atoms with Crippen LogP contribution in [0.5, 0.6) is 0 Å². The molecule has 5 heteroatoms. The Labute approximate surface area is 133 Å². The Bertz CT molecular complexity index is 569. The fourth-order valence-corrected chi connectivity index (χ4v) is 6.35. The topological polar surface area (TPSA) is 46.2 Å². The Morgan fingerprint density at radius 2 is 1.52 bits per heavy atom. The summed E-state index contributed by atoms with van der Waals surface area (Å²) in [6.45, 7) is 10.4. The van der Waals surface area contributed by atoms with Gasteiger partial charge in [0, 0.05) is 15.8 Å². The Balaban J connectivity index is 3.22. The van der Waals surface area contributed by atoms with Crippen molar-refractivity contribution in [3.05, 3.63) is 24.3 Å². The van der Waals surface area contributed by atoms with E-state index in [1.54, 1.807) is 12.1 Å². The molecule has 0 bridgehead atoms. The highest BCUT2D eigenvalue weighted by molar-refractivity contribution is 7.89. The fourth-order valence-electron chi connectivity index (χ4n) is 3.43. The largest absolute Gasteiger partial charge is 0.240 e. The van der Waals surface area contributed by atoms with Crippen LogP contribution in [0, 0.1) is 5.41 Å². The van der Waals surface area contributed by atoms with Gasteiger partial charge in [-0.1, -0.05) is 44.2 Å². The first-order valence-electron chi connectivity index (χ1n) is 7.75. The van der Waals surface area contributed by atoms with Gasteiger partial charge in [-0.05, 0) is 44.6 Å². The van der Waals surface area contributed by atoms with Gasteiger partial charge in [-0.2, -0.15) is 0 Å². The lowest BCUT2D eigenvalue weighted by Crippen LogP contribution is -2.55. The third kappa shape index (κ3) is 3.58. The van der Waals surface area contributed by atoms with E-state index >= 15 is 0 Å². The maximum atomic E-state index is 12.8. The second kappa shape index (κ2) is 6.63. The minimum absolute atomic E-state index is 0.0276. The van der Waals surface area contributed by atoms with Crippen LogP contribution in [0.2, 0.25) is 0 Å². The van der Waals surface area contributed by atoms with E-state index in [9.17, 15) is 8.42 Å². The molecule has 0 aliphatic heterocycles. The number of rotatable bonds is 7. The first-order chi connectivity index (χ1) is 9.65. The van der Waals surface area contributed by atoms with E-state index in [4.69, 9.17) is 0 Å². The molecule has 0 aromatic heterocycles. The van der Waals surface area contributed by atoms with Crippen molar-refractivity contribution in [1.82, 2.24) is 4.72 Å². The van der Waals surface area contributed by atoms with Gasteiger partial charge >= 0.3 is 0 Å². The monoisotopic (exact) mass is 327 g/mol. The predicted molar refractivity (Wildman–Crippen MR) is 93.7 cm³/mol. The maximum absolute atomic E-state index is 12.8. The van der Waals surface area contributed by atoms with Crippen LogP contribution in [0.4, 0.5) is 0 Å². The standard InChI is InChI=1S/C16H29NO2SSi/c1-6-16(7-2,8-3)15(4,5)17-20(18,19)13-11-9-10-12-14(13)21/h9-12,17H,6-8H2,1-5,21H3. The van der Waals surface area contributed by atoms with Crippen LogP contribution < -0.4 is 9.91 Å². The van der Waals surface area contributed by atoms with E-state index in [1.165, 1.54) is 0 Å². The lowest BCUT2D eigenvalue weighted by atomic mass is 9.66. The lowest BCUT2D eigenvalue weighted by Gasteiger charge is -2.46. The summed E-state index contributed by atoms with van der Waals surface area (Å²) >= 11 is 0. The van der Waals surface area contributed by atoms with Crippen molar-refractivity contribution in [3.63, 3.8) is 0 Å². The Hall–Kier alpha value is -0.653. The van der Waals surface area contributed by atoms with Gasteiger partial charge in [-0.15, -0.1) is 0 Å². The summed E-state index contributed by atoms with van der Waals surface area (Å²) < 4.78 is 28.5. The van der Waals surface area contributed by atoms with Crippen LogP contribution in [0.1, 0.15) is 53.9 Å². The highest BCUT2D eigenvalue weighted by Crippen LogP contribution is 2.42. The van der Waals surface area contributed by atoms with Crippen molar-refractivity contribution in [2.75, 3.05) is 0 Å². The first-order valence-corrected chi connectivity index (χ1v) is 10.2. The average Bonchev–Trinajstić information content (AvgIpc) is 2.40. The van der Waals surface area contributed by atoms with E-state index in [0.717, 1.165) is 34.7 Å². The minimum atomic E-state index is -3.48. The van der Waals surface area contributed by atoms with E-state index in [1.807, 2.05) is 26.0 Å². The summed E-state index contributed by atoms with van der Waals surface area (Å²) in [5.74, 6) is 0. The molecule has 1 aromatic carbocycles. The summed E-state index contributed by atoms with van der Waals surface area (Å²) in [6.07, 6.45) is 2.87. The van der Waals surface area contributed by atoms with Crippen LogP contribution in [-0.2, 0) is 10.0 Å². The number of nitrogens with one attached hydrogen (secondary N) is 1. The minimum Gasteiger partial charge on any atom is -0.207 e. The molecule has 0 saturated heterocycles. The molecule has 0 amide bonds. The average molecular weight is 328 g/mol. The number of hydrogen-bond donors (Lipinski definition) is 1. The Kier molecular flexibility index (Phi) is 5.81. The summed E-state index contributed by atoms with van der Waals surface area (Å²) in [5, 5.41) is 0.913. The molecule has 0 aliphatic rings. The van der Waals surface area contributed by atoms with Crippen molar-refractivity contribution in [3.8, 4) is 0 Å². The normalized spacial score (nSPS) is 13.6. The van der Waals surface area contributed by atoms with Gasteiger partial charge in [0.05, 0.1) is 4.90 Å². The van der Waals surface area contributed by atoms with Crippen LogP contribution in [0.3, 0.4) is 0 Å². The molecule has 120 valence electrons. The molecule has 0 spiro atoms. The SMILES string of the molecule is CCC(CC)(CC)C(C)(C)NS(=O)(=O)c1ccccc1[SiH3]. The summed E-state index contributed by atoms with van der Waals surface area (Å²) in [5.41, 5.74) is -0.506.